The summed E-state index contributed by atoms with van der Waals surface area (Å²) in [4.78, 5) is 8.59. The summed E-state index contributed by atoms with van der Waals surface area (Å²) < 4.78 is 2.52. The molecular formula is C13H7BrClN5. The summed E-state index contributed by atoms with van der Waals surface area (Å²) in [5, 5.41) is 12.4. The third-order valence-electron chi connectivity index (χ3n) is 2.70. The fraction of sp³-hybridized carbons (Fsp3) is 0. The number of fused-ring (bicyclic) bond motifs is 1. The number of nitrogens with zero attached hydrogens (tertiary/aromatic N) is 4. The molecule has 3 aromatic rings. The third kappa shape index (κ3) is 2.33. The Kier molecular flexibility index (Phi) is 3.30. The van der Waals surface area contributed by atoms with E-state index in [-0.39, 0.29) is 0 Å². The Morgan fingerprint density at radius 1 is 1.40 bits per heavy atom. The van der Waals surface area contributed by atoms with Crippen molar-refractivity contribution in [1.82, 2.24) is 14.4 Å². The third-order valence-corrected chi connectivity index (χ3v) is 3.39. The molecule has 0 unspecified atom stereocenters. The lowest BCUT2D eigenvalue weighted by Gasteiger charge is -2.09. The van der Waals surface area contributed by atoms with Crippen molar-refractivity contribution in [2.24, 2.45) is 0 Å². The summed E-state index contributed by atoms with van der Waals surface area (Å²) >= 11 is 9.49. The number of hydrogen-bond acceptors (Lipinski definition) is 4. The van der Waals surface area contributed by atoms with Crippen LogP contribution < -0.4 is 5.32 Å². The quantitative estimate of drug-likeness (QED) is 0.766. The van der Waals surface area contributed by atoms with E-state index in [4.69, 9.17) is 16.9 Å². The SMILES string of the molecule is N#Cc1ccc(Nc2nc(Br)cn3ccnc23)c(Cl)c1. The van der Waals surface area contributed by atoms with Crippen molar-refractivity contribution < 1.29 is 0 Å². The van der Waals surface area contributed by atoms with E-state index in [1.165, 1.54) is 0 Å². The lowest BCUT2D eigenvalue weighted by Crippen LogP contribution is -1.99. The van der Waals surface area contributed by atoms with E-state index in [2.05, 4.69) is 31.2 Å². The highest BCUT2D eigenvalue weighted by Gasteiger charge is 2.09. The maximum absolute atomic E-state index is 8.83. The van der Waals surface area contributed by atoms with E-state index in [1.54, 1.807) is 24.4 Å². The van der Waals surface area contributed by atoms with E-state index in [0.717, 1.165) is 0 Å². The van der Waals surface area contributed by atoms with Gasteiger partial charge in [-0.15, -0.1) is 0 Å². The molecule has 0 atom stereocenters. The first kappa shape index (κ1) is 12.9. The molecule has 3 rings (SSSR count). The van der Waals surface area contributed by atoms with Crippen LogP contribution in [0.1, 0.15) is 5.56 Å². The Bertz CT molecular complexity index is 836. The molecule has 0 fully saturated rings. The van der Waals surface area contributed by atoms with Crippen LogP contribution in [-0.2, 0) is 0 Å². The molecule has 5 nitrogen and oxygen atoms in total. The highest BCUT2D eigenvalue weighted by atomic mass is 79.9. The molecule has 20 heavy (non-hydrogen) atoms. The molecule has 98 valence electrons. The van der Waals surface area contributed by atoms with Crippen molar-refractivity contribution in [3.8, 4) is 6.07 Å². The molecule has 1 aromatic carbocycles. The van der Waals surface area contributed by atoms with Gasteiger partial charge in [-0.05, 0) is 34.1 Å². The number of imidazole rings is 1. The van der Waals surface area contributed by atoms with Crippen LogP contribution in [0.3, 0.4) is 0 Å². The van der Waals surface area contributed by atoms with Gasteiger partial charge in [0, 0.05) is 18.6 Å². The number of aromatic nitrogens is 3. The second-order valence-electron chi connectivity index (χ2n) is 4.00. The molecular weight excluding hydrogens is 342 g/mol. The minimum Gasteiger partial charge on any atom is -0.336 e. The van der Waals surface area contributed by atoms with E-state index in [0.29, 0.717) is 32.3 Å². The average Bonchev–Trinajstić information content (AvgIpc) is 2.89. The average molecular weight is 349 g/mol. The highest BCUT2D eigenvalue weighted by molar-refractivity contribution is 9.10. The second kappa shape index (κ2) is 5.12. The summed E-state index contributed by atoms with van der Waals surface area (Å²) in [6, 6.07) is 7.07. The van der Waals surface area contributed by atoms with Gasteiger partial charge >= 0.3 is 0 Å². The molecule has 2 heterocycles. The molecule has 0 aliphatic carbocycles. The van der Waals surface area contributed by atoms with Crippen molar-refractivity contribution in [2.45, 2.75) is 0 Å². The van der Waals surface area contributed by atoms with Gasteiger partial charge in [-0.3, -0.25) is 0 Å². The summed E-state index contributed by atoms with van der Waals surface area (Å²) in [6.45, 7) is 0. The van der Waals surface area contributed by atoms with Gasteiger partial charge in [-0.25, -0.2) is 9.97 Å². The maximum atomic E-state index is 8.83. The smallest absolute Gasteiger partial charge is 0.180 e. The van der Waals surface area contributed by atoms with Gasteiger partial charge in [0.2, 0.25) is 0 Å². The first-order chi connectivity index (χ1) is 9.67. The van der Waals surface area contributed by atoms with Crippen LogP contribution in [-0.4, -0.2) is 14.4 Å². The first-order valence-electron chi connectivity index (χ1n) is 5.63. The minimum atomic E-state index is 0.454. The van der Waals surface area contributed by atoms with Crippen molar-refractivity contribution in [3.05, 3.63) is 52.0 Å². The number of rotatable bonds is 2. The summed E-state index contributed by atoms with van der Waals surface area (Å²) in [5.74, 6) is 0.580. The molecule has 2 aromatic heterocycles. The van der Waals surface area contributed by atoms with Crippen LogP contribution in [0.2, 0.25) is 5.02 Å². The normalized spacial score (nSPS) is 10.4. The van der Waals surface area contributed by atoms with Crippen LogP contribution in [0.15, 0.2) is 41.4 Å². The number of halogens is 2. The van der Waals surface area contributed by atoms with Crippen LogP contribution in [0.25, 0.3) is 5.65 Å². The Balaban J connectivity index is 2.05. The number of hydrogen-bond donors (Lipinski definition) is 1. The molecule has 0 aliphatic rings. The van der Waals surface area contributed by atoms with Crippen molar-refractivity contribution >= 4 is 44.7 Å². The van der Waals surface area contributed by atoms with Gasteiger partial charge in [0.25, 0.3) is 0 Å². The standard InChI is InChI=1S/C13H7BrClN5/c14-11-7-20-4-3-17-13(20)12(19-11)18-10-2-1-8(6-16)5-9(10)15/h1-5,7H,(H,18,19). The molecule has 0 aliphatic heterocycles. The molecule has 0 spiro atoms. The zero-order valence-corrected chi connectivity index (χ0v) is 12.4. The zero-order valence-electron chi connectivity index (χ0n) is 10.0. The monoisotopic (exact) mass is 347 g/mol. The molecule has 0 saturated carbocycles. The number of nitriles is 1. The second-order valence-corrected chi connectivity index (χ2v) is 5.22. The van der Waals surface area contributed by atoms with Crippen LogP contribution in [0.5, 0.6) is 0 Å². The van der Waals surface area contributed by atoms with E-state index in [9.17, 15) is 0 Å². The molecule has 1 N–H and O–H groups in total. The van der Waals surface area contributed by atoms with E-state index >= 15 is 0 Å². The Labute approximate surface area is 128 Å². The number of nitrogens with one attached hydrogen (secondary N) is 1. The predicted octanol–water partition coefficient (Wildman–Crippen LogP) is 3.76. The summed E-state index contributed by atoms with van der Waals surface area (Å²) in [6.07, 6.45) is 5.33. The van der Waals surface area contributed by atoms with Crippen LogP contribution >= 0.6 is 27.5 Å². The van der Waals surface area contributed by atoms with Crippen LogP contribution in [0, 0.1) is 11.3 Å². The minimum absolute atomic E-state index is 0.454. The summed E-state index contributed by atoms with van der Waals surface area (Å²) in [5.41, 5.74) is 1.86. The number of anilines is 2. The predicted molar refractivity (Wildman–Crippen MR) is 80.1 cm³/mol. The molecule has 0 bridgehead atoms. The fourth-order valence-corrected chi connectivity index (χ4v) is 2.42. The first-order valence-corrected chi connectivity index (χ1v) is 6.80. The maximum Gasteiger partial charge on any atom is 0.180 e. The molecule has 0 amide bonds. The van der Waals surface area contributed by atoms with Crippen LogP contribution in [0.4, 0.5) is 11.5 Å². The Morgan fingerprint density at radius 3 is 3.00 bits per heavy atom. The van der Waals surface area contributed by atoms with Gasteiger partial charge in [0.1, 0.15) is 4.60 Å². The zero-order chi connectivity index (χ0) is 14.1. The number of benzene rings is 1. The largest absolute Gasteiger partial charge is 0.336 e. The van der Waals surface area contributed by atoms with E-state index in [1.807, 2.05) is 22.9 Å². The van der Waals surface area contributed by atoms with Gasteiger partial charge in [0.05, 0.1) is 22.3 Å². The lowest BCUT2D eigenvalue weighted by atomic mass is 10.2. The Morgan fingerprint density at radius 2 is 2.25 bits per heavy atom. The summed E-state index contributed by atoms with van der Waals surface area (Å²) in [7, 11) is 0. The fourth-order valence-electron chi connectivity index (χ4n) is 1.80. The van der Waals surface area contributed by atoms with Crippen molar-refractivity contribution in [2.75, 3.05) is 5.32 Å². The van der Waals surface area contributed by atoms with E-state index < -0.39 is 0 Å². The Hall–Kier alpha value is -2.10. The molecule has 0 radical (unpaired) electrons. The lowest BCUT2D eigenvalue weighted by molar-refractivity contribution is 1.10. The van der Waals surface area contributed by atoms with Crippen molar-refractivity contribution in [3.63, 3.8) is 0 Å². The van der Waals surface area contributed by atoms with Gasteiger partial charge in [-0.1, -0.05) is 11.6 Å². The van der Waals surface area contributed by atoms with Gasteiger partial charge < -0.3 is 9.72 Å². The topological polar surface area (TPSA) is 66.0 Å². The van der Waals surface area contributed by atoms with Gasteiger partial charge in [0.15, 0.2) is 11.5 Å². The molecule has 7 heteroatoms. The van der Waals surface area contributed by atoms with Crippen molar-refractivity contribution in [1.29, 1.82) is 5.26 Å². The highest BCUT2D eigenvalue weighted by Crippen LogP contribution is 2.27. The van der Waals surface area contributed by atoms with Gasteiger partial charge in [-0.2, -0.15) is 5.26 Å². The molecule has 0 saturated heterocycles.